The molecule has 0 unspecified atom stereocenters. The van der Waals surface area contributed by atoms with Crippen molar-refractivity contribution in [2.24, 2.45) is 0 Å². The number of halogens is 3. The molecular weight excluding hydrogens is 490 g/mol. The fourth-order valence-corrected chi connectivity index (χ4v) is 4.97. The Balaban J connectivity index is 2.32. The molecule has 7 heteroatoms. The molecule has 0 fully saturated rings. The Hall–Kier alpha value is -1.08. The van der Waals surface area contributed by atoms with Gasteiger partial charge in [-0.3, -0.25) is 0 Å². The van der Waals surface area contributed by atoms with Gasteiger partial charge in [0.1, 0.15) is 0 Å². The van der Waals surface area contributed by atoms with E-state index in [1.54, 1.807) is 42.6 Å². The van der Waals surface area contributed by atoms with Gasteiger partial charge in [0, 0.05) is 11.6 Å². The van der Waals surface area contributed by atoms with Crippen molar-refractivity contribution in [1.29, 1.82) is 0 Å². The van der Waals surface area contributed by atoms with Gasteiger partial charge in [-0.15, -0.1) is 0 Å². The molecule has 0 spiro atoms. The maximum Gasteiger partial charge on any atom is 0.268 e. The van der Waals surface area contributed by atoms with Crippen LogP contribution in [0.2, 0.25) is 5.02 Å². The van der Waals surface area contributed by atoms with Crippen molar-refractivity contribution >= 4 is 70.5 Å². The Labute approximate surface area is 168 Å². The first-order valence-corrected chi connectivity index (χ1v) is 10.8. The van der Waals surface area contributed by atoms with Crippen LogP contribution in [0.5, 0.6) is 0 Å². The quantitative estimate of drug-likeness (QED) is 0.425. The van der Waals surface area contributed by atoms with E-state index in [1.807, 2.05) is 19.9 Å². The largest absolute Gasteiger partial charge is 0.268 e. The van der Waals surface area contributed by atoms with E-state index < -0.39 is 10.0 Å². The summed E-state index contributed by atoms with van der Waals surface area (Å²) >= 11 is 13.1. The van der Waals surface area contributed by atoms with Crippen LogP contribution in [-0.2, 0) is 10.0 Å². The zero-order valence-corrected chi connectivity index (χ0v) is 18.2. The van der Waals surface area contributed by atoms with Crippen LogP contribution in [0.25, 0.3) is 17.0 Å². The van der Waals surface area contributed by atoms with Crippen LogP contribution >= 0.6 is 43.5 Å². The lowest BCUT2D eigenvalue weighted by Gasteiger charge is -2.11. The van der Waals surface area contributed by atoms with E-state index in [9.17, 15) is 8.42 Å². The van der Waals surface area contributed by atoms with Gasteiger partial charge in [-0.2, -0.15) is 0 Å². The van der Waals surface area contributed by atoms with Gasteiger partial charge in [0.15, 0.2) is 0 Å². The summed E-state index contributed by atoms with van der Waals surface area (Å²) in [4.78, 5) is 0.228. The fourth-order valence-electron chi connectivity index (χ4n) is 2.74. The summed E-state index contributed by atoms with van der Waals surface area (Å²) in [5.41, 5.74) is 3.33. The molecule has 1 aromatic heterocycles. The highest BCUT2D eigenvalue weighted by Gasteiger charge is 2.22. The Morgan fingerprint density at radius 2 is 1.76 bits per heavy atom. The van der Waals surface area contributed by atoms with Crippen LogP contribution in [-0.4, -0.2) is 12.4 Å². The average Bonchev–Trinajstić information content (AvgIpc) is 2.98. The van der Waals surface area contributed by atoms with Gasteiger partial charge < -0.3 is 0 Å². The zero-order valence-electron chi connectivity index (χ0n) is 13.4. The normalized spacial score (nSPS) is 11.7. The predicted molar refractivity (Wildman–Crippen MR) is 111 cm³/mol. The molecule has 2 aromatic carbocycles. The van der Waals surface area contributed by atoms with Crippen molar-refractivity contribution < 1.29 is 8.42 Å². The first-order valence-electron chi connectivity index (χ1n) is 7.37. The summed E-state index contributed by atoms with van der Waals surface area (Å²) in [6.07, 6.45) is 3.43. The number of benzene rings is 2. The molecule has 25 heavy (non-hydrogen) atoms. The smallest absolute Gasteiger partial charge is 0.240 e. The summed E-state index contributed by atoms with van der Waals surface area (Å²) in [5.74, 6) is 0. The summed E-state index contributed by atoms with van der Waals surface area (Å²) in [6, 6.07) is 10.3. The highest BCUT2D eigenvalue weighted by atomic mass is 79.9. The van der Waals surface area contributed by atoms with Crippen molar-refractivity contribution in [2.45, 2.75) is 18.7 Å². The molecule has 0 saturated carbocycles. The van der Waals surface area contributed by atoms with Gasteiger partial charge in [-0.25, -0.2) is 12.4 Å². The molecule has 0 atom stereocenters. The maximum atomic E-state index is 13.1. The first kappa shape index (κ1) is 18.7. The van der Waals surface area contributed by atoms with E-state index in [4.69, 9.17) is 11.6 Å². The second-order valence-corrected chi connectivity index (χ2v) is 10.7. The lowest BCUT2D eigenvalue weighted by molar-refractivity contribution is 0.589. The second-order valence-electron chi connectivity index (χ2n) is 5.71. The molecule has 1 heterocycles. The average molecular weight is 504 g/mol. The Bertz CT molecular complexity index is 1100. The van der Waals surface area contributed by atoms with Crippen LogP contribution in [0.1, 0.15) is 16.7 Å². The number of nitrogens with zero attached hydrogens (tertiary/aromatic N) is 1. The number of rotatable bonds is 3. The van der Waals surface area contributed by atoms with E-state index in [0.717, 1.165) is 25.5 Å². The number of hydrogen-bond acceptors (Lipinski definition) is 2. The third-order valence-electron chi connectivity index (χ3n) is 3.97. The molecule has 0 aliphatic carbocycles. The Kier molecular flexibility index (Phi) is 5.17. The monoisotopic (exact) mass is 501 g/mol. The Morgan fingerprint density at radius 3 is 2.36 bits per heavy atom. The SMILES string of the molecule is Cc1ccc(S(=O)(=O)n2ccc3c(C=C(Br)Br)c(C)cc(Cl)c32)cc1. The molecule has 0 aliphatic heterocycles. The third-order valence-corrected chi connectivity index (χ3v) is 6.40. The Morgan fingerprint density at radius 1 is 1.12 bits per heavy atom. The van der Waals surface area contributed by atoms with E-state index >= 15 is 0 Å². The molecule has 3 nitrogen and oxygen atoms in total. The molecule has 0 aliphatic rings. The van der Waals surface area contributed by atoms with Gasteiger partial charge in [-0.05, 0) is 87.2 Å². The van der Waals surface area contributed by atoms with E-state index in [0.29, 0.717) is 10.5 Å². The van der Waals surface area contributed by atoms with Gasteiger partial charge >= 0.3 is 0 Å². The minimum atomic E-state index is -3.73. The number of hydrogen-bond donors (Lipinski definition) is 0. The first-order chi connectivity index (χ1) is 11.7. The number of aromatic nitrogens is 1. The summed E-state index contributed by atoms with van der Waals surface area (Å²) in [5, 5.41) is 1.17. The predicted octanol–water partition coefficient (Wildman–Crippen LogP) is 6.24. The lowest BCUT2D eigenvalue weighted by atomic mass is 10.0. The van der Waals surface area contributed by atoms with Crippen molar-refractivity contribution in [1.82, 2.24) is 3.97 Å². The van der Waals surface area contributed by atoms with Crippen LogP contribution in [0, 0.1) is 13.8 Å². The minimum Gasteiger partial charge on any atom is -0.240 e. The number of fused-ring (bicyclic) bond motifs is 1. The van der Waals surface area contributed by atoms with E-state index in [-0.39, 0.29) is 4.90 Å². The topological polar surface area (TPSA) is 39.1 Å². The molecule has 130 valence electrons. The highest BCUT2D eigenvalue weighted by Crippen LogP contribution is 2.35. The summed E-state index contributed by atoms with van der Waals surface area (Å²) < 4.78 is 28.1. The van der Waals surface area contributed by atoms with E-state index in [1.165, 1.54) is 3.97 Å². The van der Waals surface area contributed by atoms with Crippen molar-refractivity contribution in [3.8, 4) is 0 Å². The molecule has 3 rings (SSSR count). The summed E-state index contributed by atoms with van der Waals surface area (Å²) in [7, 11) is -3.73. The molecule has 0 bridgehead atoms. The molecule has 0 amide bonds. The van der Waals surface area contributed by atoms with Crippen molar-refractivity contribution in [3.05, 3.63) is 67.7 Å². The minimum absolute atomic E-state index is 0.228. The van der Waals surface area contributed by atoms with Crippen molar-refractivity contribution in [2.75, 3.05) is 0 Å². The van der Waals surface area contributed by atoms with Crippen LogP contribution < -0.4 is 0 Å². The third kappa shape index (κ3) is 3.45. The number of aryl methyl sites for hydroxylation is 2. The standard InChI is InChI=1S/C18H14Br2ClNO2S/c1-11-3-5-13(6-4-11)25(23,24)22-8-7-14-15(10-17(19)20)12(2)9-16(21)18(14)22/h3-10H,1-2H3. The molecule has 0 N–H and O–H groups in total. The lowest BCUT2D eigenvalue weighted by Crippen LogP contribution is -2.12. The van der Waals surface area contributed by atoms with Gasteiger partial charge in [0.05, 0.1) is 18.8 Å². The molecule has 3 aromatic rings. The fraction of sp³-hybridized carbons (Fsp3) is 0.111. The zero-order chi connectivity index (χ0) is 18.4. The highest BCUT2D eigenvalue weighted by molar-refractivity contribution is 9.28. The second kappa shape index (κ2) is 6.91. The van der Waals surface area contributed by atoms with Crippen LogP contribution in [0.15, 0.2) is 50.9 Å². The maximum absolute atomic E-state index is 13.1. The van der Waals surface area contributed by atoms with Gasteiger partial charge in [0.25, 0.3) is 10.0 Å². The van der Waals surface area contributed by atoms with Crippen molar-refractivity contribution in [3.63, 3.8) is 0 Å². The molecule has 0 radical (unpaired) electrons. The molecule has 0 saturated heterocycles. The van der Waals surface area contributed by atoms with Crippen LogP contribution in [0.4, 0.5) is 0 Å². The van der Waals surface area contributed by atoms with E-state index in [2.05, 4.69) is 31.9 Å². The summed E-state index contributed by atoms with van der Waals surface area (Å²) in [6.45, 7) is 3.85. The molecular formula is C18H14Br2ClNO2S. The van der Waals surface area contributed by atoms with Crippen LogP contribution in [0.3, 0.4) is 0 Å². The van der Waals surface area contributed by atoms with Gasteiger partial charge in [0.2, 0.25) is 0 Å². The van der Waals surface area contributed by atoms with Gasteiger partial charge in [-0.1, -0.05) is 29.3 Å².